The maximum atomic E-state index is 6.37. The van der Waals surface area contributed by atoms with E-state index in [9.17, 15) is 0 Å². The molecule has 0 heterocycles. The lowest BCUT2D eigenvalue weighted by atomic mass is 10.1. The lowest BCUT2D eigenvalue weighted by molar-refractivity contribution is 0.0770. The van der Waals surface area contributed by atoms with Crippen molar-refractivity contribution in [2.75, 3.05) is 13.2 Å². The van der Waals surface area contributed by atoms with Crippen molar-refractivity contribution in [2.45, 2.75) is 46.4 Å². The van der Waals surface area contributed by atoms with Crippen LogP contribution in [0.3, 0.4) is 0 Å². The zero-order valence-corrected chi connectivity index (χ0v) is 18.4. The van der Waals surface area contributed by atoms with Gasteiger partial charge in [0.1, 0.15) is 12.4 Å². The second-order valence-corrected chi connectivity index (χ2v) is 7.44. The van der Waals surface area contributed by atoms with Crippen molar-refractivity contribution in [3.63, 3.8) is 0 Å². The Hall–Kier alpha value is -0.970. The minimum Gasteiger partial charge on any atom is -0.487 e. The van der Waals surface area contributed by atoms with Crippen LogP contribution in [0.1, 0.15) is 37.0 Å². The third kappa shape index (κ3) is 8.71. The molecular formula is C21H28Cl3NO2. The van der Waals surface area contributed by atoms with E-state index in [-0.39, 0.29) is 18.5 Å². The first-order chi connectivity index (χ1) is 12.5. The van der Waals surface area contributed by atoms with Crippen LogP contribution >= 0.6 is 35.6 Å². The van der Waals surface area contributed by atoms with Gasteiger partial charge in [0.05, 0.1) is 11.1 Å². The number of nitrogens with one attached hydrogen (secondary N) is 1. The normalized spacial score (nSPS) is 10.7. The van der Waals surface area contributed by atoms with Crippen molar-refractivity contribution in [1.29, 1.82) is 0 Å². The fourth-order valence-corrected chi connectivity index (χ4v) is 3.08. The molecule has 0 unspecified atom stereocenters. The molecule has 3 nitrogen and oxygen atoms in total. The standard InChI is InChI=1S/C21H27Cl2NO2.ClH/c1-15(2)25-10-4-9-24-13-18-11-19(22)12-20(23)21(18)26-14-17-7-5-16(3)6-8-17;/h5-8,11-12,15,24H,4,9-10,13-14H2,1-3H3;1H. The Morgan fingerprint density at radius 2 is 1.78 bits per heavy atom. The predicted molar refractivity (Wildman–Crippen MR) is 117 cm³/mol. The zero-order chi connectivity index (χ0) is 18.9. The van der Waals surface area contributed by atoms with Crippen LogP contribution in [-0.4, -0.2) is 19.3 Å². The van der Waals surface area contributed by atoms with E-state index in [4.69, 9.17) is 32.7 Å². The van der Waals surface area contributed by atoms with E-state index in [2.05, 4.69) is 36.5 Å². The molecule has 2 rings (SSSR count). The van der Waals surface area contributed by atoms with E-state index in [1.54, 1.807) is 6.07 Å². The average molecular weight is 433 g/mol. The van der Waals surface area contributed by atoms with E-state index in [1.807, 2.05) is 19.9 Å². The fraction of sp³-hybridized carbons (Fsp3) is 0.429. The van der Waals surface area contributed by atoms with Gasteiger partial charge in [-0.25, -0.2) is 0 Å². The van der Waals surface area contributed by atoms with Gasteiger partial charge in [-0.05, 0) is 51.4 Å². The smallest absolute Gasteiger partial charge is 0.142 e. The minimum atomic E-state index is 0. The molecule has 2 aromatic carbocycles. The molecule has 0 aromatic heterocycles. The molecule has 2 aromatic rings. The van der Waals surface area contributed by atoms with Gasteiger partial charge in [0.2, 0.25) is 0 Å². The molecule has 0 atom stereocenters. The van der Waals surface area contributed by atoms with Crippen molar-refractivity contribution in [3.05, 3.63) is 63.1 Å². The van der Waals surface area contributed by atoms with Gasteiger partial charge in [-0.1, -0.05) is 53.0 Å². The summed E-state index contributed by atoms with van der Waals surface area (Å²) in [6.07, 6.45) is 1.22. The Kier molecular flexibility index (Phi) is 11.1. The van der Waals surface area contributed by atoms with E-state index in [1.165, 1.54) is 5.56 Å². The predicted octanol–water partition coefficient (Wildman–Crippen LogP) is 6.21. The van der Waals surface area contributed by atoms with Crippen molar-refractivity contribution in [1.82, 2.24) is 5.32 Å². The monoisotopic (exact) mass is 431 g/mol. The van der Waals surface area contributed by atoms with E-state index < -0.39 is 0 Å². The number of hydrogen-bond donors (Lipinski definition) is 1. The molecule has 0 fully saturated rings. The molecule has 0 saturated heterocycles. The number of hydrogen-bond acceptors (Lipinski definition) is 3. The molecule has 0 spiro atoms. The van der Waals surface area contributed by atoms with Gasteiger partial charge < -0.3 is 14.8 Å². The second-order valence-electron chi connectivity index (χ2n) is 6.60. The molecule has 1 N–H and O–H groups in total. The highest BCUT2D eigenvalue weighted by atomic mass is 35.5. The van der Waals surface area contributed by atoms with Gasteiger partial charge in [-0.2, -0.15) is 0 Å². The molecule has 0 amide bonds. The molecule has 0 saturated carbocycles. The topological polar surface area (TPSA) is 30.5 Å². The van der Waals surface area contributed by atoms with Crippen molar-refractivity contribution < 1.29 is 9.47 Å². The summed E-state index contributed by atoms with van der Waals surface area (Å²) in [6, 6.07) is 11.9. The van der Waals surface area contributed by atoms with Crippen LogP contribution in [-0.2, 0) is 17.9 Å². The Morgan fingerprint density at radius 3 is 2.44 bits per heavy atom. The van der Waals surface area contributed by atoms with Crippen LogP contribution in [0.2, 0.25) is 10.0 Å². The van der Waals surface area contributed by atoms with Crippen LogP contribution < -0.4 is 10.1 Å². The van der Waals surface area contributed by atoms with Gasteiger partial charge in [0.15, 0.2) is 0 Å². The largest absolute Gasteiger partial charge is 0.487 e. The molecule has 0 aliphatic rings. The summed E-state index contributed by atoms with van der Waals surface area (Å²) in [4.78, 5) is 0. The Bertz CT molecular complexity index is 691. The third-order valence-electron chi connectivity index (χ3n) is 3.85. The number of rotatable bonds is 10. The summed E-state index contributed by atoms with van der Waals surface area (Å²) < 4.78 is 11.5. The first kappa shape index (κ1) is 24.1. The molecule has 27 heavy (non-hydrogen) atoms. The summed E-state index contributed by atoms with van der Waals surface area (Å²) in [7, 11) is 0. The van der Waals surface area contributed by atoms with Crippen LogP contribution in [0.15, 0.2) is 36.4 Å². The van der Waals surface area contributed by atoms with Gasteiger partial charge in [0.25, 0.3) is 0 Å². The minimum absolute atomic E-state index is 0. The molecule has 0 radical (unpaired) electrons. The Balaban J connectivity index is 0.00000364. The molecule has 0 aliphatic heterocycles. The molecular weight excluding hydrogens is 405 g/mol. The fourth-order valence-electron chi connectivity index (χ4n) is 2.49. The van der Waals surface area contributed by atoms with Gasteiger partial charge in [0, 0.05) is 23.7 Å². The van der Waals surface area contributed by atoms with Crippen LogP contribution in [0.5, 0.6) is 5.75 Å². The summed E-state index contributed by atoms with van der Waals surface area (Å²) in [5.41, 5.74) is 3.29. The number of benzene rings is 2. The summed E-state index contributed by atoms with van der Waals surface area (Å²) in [5.74, 6) is 0.683. The third-order valence-corrected chi connectivity index (χ3v) is 4.35. The highest BCUT2D eigenvalue weighted by Gasteiger charge is 2.11. The van der Waals surface area contributed by atoms with E-state index in [0.717, 1.165) is 30.7 Å². The van der Waals surface area contributed by atoms with E-state index in [0.29, 0.717) is 28.9 Å². The first-order valence-corrected chi connectivity index (χ1v) is 9.70. The second kappa shape index (κ2) is 12.5. The number of aryl methyl sites for hydroxylation is 1. The molecule has 0 aliphatic carbocycles. The van der Waals surface area contributed by atoms with Crippen LogP contribution in [0.4, 0.5) is 0 Å². The zero-order valence-electron chi connectivity index (χ0n) is 16.1. The molecule has 150 valence electrons. The quantitative estimate of drug-likeness (QED) is 0.453. The number of halogens is 3. The van der Waals surface area contributed by atoms with Gasteiger partial charge in [-0.15, -0.1) is 12.4 Å². The van der Waals surface area contributed by atoms with Crippen molar-refractivity contribution in [2.24, 2.45) is 0 Å². The summed E-state index contributed by atoms with van der Waals surface area (Å²) in [5, 5.41) is 4.54. The lowest BCUT2D eigenvalue weighted by Gasteiger charge is -2.15. The summed E-state index contributed by atoms with van der Waals surface area (Å²) >= 11 is 12.5. The highest BCUT2D eigenvalue weighted by molar-refractivity contribution is 6.35. The van der Waals surface area contributed by atoms with Gasteiger partial charge >= 0.3 is 0 Å². The Labute approximate surface area is 178 Å². The average Bonchev–Trinajstić information content (AvgIpc) is 2.58. The van der Waals surface area contributed by atoms with E-state index >= 15 is 0 Å². The van der Waals surface area contributed by atoms with Crippen molar-refractivity contribution in [3.8, 4) is 5.75 Å². The molecule has 0 bridgehead atoms. The molecule has 6 heteroatoms. The number of ether oxygens (including phenoxy) is 2. The van der Waals surface area contributed by atoms with Gasteiger partial charge in [-0.3, -0.25) is 0 Å². The first-order valence-electron chi connectivity index (χ1n) is 8.94. The lowest BCUT2D eigenvalue weighted by Crippen LogP contribution is -2.18. The maximum Gasteiger partial charge on any atom is 0.142 e. The van der Waals surface area contributed by atoms with Crippen molar-refractivity contribution >= 4 is 35.6 Å². The van der Waals surface area contributed by atoms with Crippen LogP contribution in [0.25, 0.3) is 0 Å². The summed E-state index contributed by atoms with van der Waals surface area (Å²) in [6.45, 7) is 8.86. The maximum absolute atomic E-state index is 6.37. The Morgan fingerprint density at radius 1 is 1.07 bits per heavy atom. The SMILES string of the molecule is Cc1ccc(COc2c(Cl)cc(Cl)cc2CNCCCOC(C)C)cc1.Cl. The highest BCUT2D eigenvalue weighted by Crippen LogP contribution is 2.33. The van der Waals surface area contributed by atoms with Crippen LogP contribution in [0, 0.1) is 6.92 Å².